The number of aryl methyl sites for hydroxylation is 1. The van der Waals surface area contributed by atoms with E-state index in [4.69, 9.17) is 37.7 Å². The topological polar surface area (TPSA) is 493 Å². The predicted molar refractivity (Wildman–Crippen MR) is 325 cm³/mol. The fourth-order valence-electron chi connectivity index (χ4n) is 11.6. The van der Waals surface area contributed by atoms with E-state index in [1.165, 1.54) is 25.1 Å². The molecular weight excluding hydrogens is 1230 g/mol. The van der Waals surface area contributed by atoms with Crippen molar-refractivity contribution in [3.05, 3.63) is 96.9 Å². The van der Waals surface area contributed by atoms with E-state index in [1.807, 2.05) is 0 Å². The van der Waals surface area contributed by atoms with E-state index in [-0.39, 0.29) is 31.0 Å². The van der Waals surface area contributed by atoms with Crippen molar-refractivity contribution in [2.45, 2.75) is 238 Å². The second-order valence-electron chi connectivity index (χ2n) is 24.8. The first kappa shape index (κ1) is 77.4. The number of amides is 1. The third-order valence-electron chi connectivity index (χ3n) is 17.3. The summed E-state index contributed by atoms with van der Waals surface area (Å²) in [4.78, 5) is 27.0. The van der Waals surface area contributed by atoms with Gasteiger partial charge in [-0.25, -0.2) is 0 Å². The molecule has 6 rings (SSSR count). The zero-order chi connectivity index (χ0) is 68.5. The van der Waals surface area contributed by atoms with Gasteiger partial charge in [-0.15, -0.1) is 0 Å². The fourth-order valence-corrected chi connectivity index (χ4v) is 11.6. The molecule has 0 aliphatic carbocycles. The third kappa shape index (κ3) is 22.2. The summed E-state index contributed by atoms with van der Waals surface area (Å²) in [6.45, 7) is 5.80. The number of rotatable bonds is 10. The molecule has 93 heavy (non-hydrogen) atoms. The molecule has 0 spiro atoms. The molecule has 1 amide bonds. The van der Waals surface area contributed by atoms with Gasteiger partial charge in [-0.2, -0.15) is 0 Å². The zero-order valence-corrected chi connectivity index (χ0v) is 52.6. The van der Waals surface area contributed by atoms with Crippen LogP contribution in [-0.2, 0) is 42.7 Å². The number of ether oxygens (including phenoxy) is 7. The Morgan fingerprint density at radius 3 is 1.89 bits per heavy atom. The molecular formula is C63H97N3O27. The lowest BCUT2D eigenvalue weighted by Crippen LogP contribution is -2.70. The van der Waals surface area contributed by atoms with Crippen LogP contribution < -0.4 is 10.6 Å². The quantitative estimate of drug-likeness (QED) is 0.103. The Kier molecular flexibility index (Phi) is 30.0. The molecule has 5 unspecified atom stereocenters. The molecule has 0 radical (unpaired) electrons. The lowest BCUT2D eigenvalue weighted by Gasteiger charge is -2.48. The number of carbonyl (C=O) groups excluding carboxylic acids is 2. The van der Waals surface area contributed by atoms with E-state index in [0.717, 1.165) is 0 Å². The lowest BCUT2D eigenvalue weighted by molar-refractivity contribution is -0.368. The summed E-state index contributed by atoms with van der Waals surface area (Å²) in [6, 6.07) is -0.0923. The van der Waals surface area contributed by atoms with Crippen LogP contribution in [0.2, 0.25) is 0 Å². The number of cyclic esters (lactones) is 1. The van der Waals surface area contributed by atoms with Gasteiger partial charge in [0.25, 0.3) is 0 Å². The monoisotopic (exact) mass is 1330 g/mol. The van der Waals surface area contributed by atoms with E-state index < -0.39 is 228 Å². The summed E-state index contributed by atoms with van der Waals surface area (Å²) >= 11 is 0. The van der Waals surface area contributed by atoms with Gasteiger partial charge in [0.1, 0.15) is 60.7 Å². The van der Waals surface area contributed by atoms with Crippen LogP contribution in [0.15, 0.2) is 95.7 Å². The number of nitrogens with zero attached hydrogens (tertiary/aromatic N) is 1. The number of hydrogen-bond acceptors (Lipinski definition) is 29. The molecule has 1 aromatic rings. The van der Waals surface area contributed by atoms with Crippen LogP contribution in [0.5, 0.6) is 0 Å². The van der Waals surface area contributed by atoms with Gasteiger partial charge >= 0.3 is 5.97 Å². The van der Waals surface area contributed by atoms with Crippen molar-refractivity contribution in [1.29, 1.82) is 0 Å². The van der Waals surface area contributed by atoms with Crippen LogP contribution in [-0.4, -0.2) is 276 Å². The van der Waals surface area contributed by atoms with E-state index in [1.54, 1.807) is 101 Å². The van der Waals surface area contributed by atoms with Gasteiger partial charge in [0.2, 0.25) is 11.7 Å². The van der Waals surface area contributed by atoms with E-state index >= 15 is 0 Å². The van der Waals surface area contributed by atoms with E-state index in [2.05, 4.69) is 15.8 Å². The second kappa shape index (κ2) is 36.1. The van der Waals surface area contributed by atoms with Gasteiger partial charge in [-0.05, 0) is 40.0 Å². The maximum absolute atomic E-state index is 14.2. The van der Waals surface area contributed by atoms with Crippen molar-refractivity contribution < 1.29 is 134 Å². The molecule has 526 valence electrons. The lowest BCUT2D eigenvalue weighted by atomic mass is 9.82. The van der Waals surface area contributed by atoms with Gasteiger partial charge < -0.3 is 135 Å². The summed E-state index contributed by atoms with van der Waals surface area (Å²) < 4.78 is 45.8. The first-order valence-electron chi connectivity index (χ1n) is 31.3. The zero-order valence-electron chi connectivity index (χ0n) is 52.6. The largest absolute Gasteiger partial charge is 0.462 e. The van der Waals surface area contributed by atoms with Crippen molar-refractivity contribution in [3.8, 4) is 0 Å². The fraction of sp³-hybridized carbons (Fsp3) is 0.698. The second-order valence-corrected chi connectivity index (χ2v) is 24.8. The average Bonchev–Trinajstić information content (AvgIpc) is 0.920. The Hall–Kier alpha value is -4.63. The highest BCUT2D eigenvalue weighted by Gasteiger charge is 2.55. The number of esters is 1. The molecule has 6 heterocycles. The smallest absolute Gasteiger partial charge is 0.308 e. The minimum Gasteiger partial charge on any atom is -0.462 e. The normalized spacial score (nSPS) is 43.0. The maximum atomic E-state index is 14.2. The van der Waals surface area contributed by atoms with Crippen LogP contribution in [0.4, 0.5) is 5.82 Å². The first-order valence-corrected chi connectivity index (χ1v) is 31.3. The summed E-state index contributed by atoms with van der Waals surface area (Å²) in [5.74, 6) is -8.89. The number of fused-ring (bicyclic) bond motifs is 2. The highest BCUT2D eigenvalue weighted by atomic mass is 16.7. The van der Waals surface area contributed by atoms with Crippen LogP contribution in [0.3, 0.4) is 0 Å². The van der Waals surface area contributed by atoms with Crippen molar-refractivity contribution in [2.24, 2.45) is 17.8 Å². The number of aliphatic hydroxyl groups excluding tert-OH is 15. The van der Waals surface area contributed by atoms with Gasteiger partial charge in [-0.3, -0.25) is 9.59 Å². The summed E-state index contributed by atoms with van der Waals surface area (Å²) in [5, 5.41) is 197. The van der Waals surface area contributed by atoms with Gasteiger partial charge in [0.15, 0.2) is 24.2 Å². The van der Waals surface area contributed by atoms with Crippen molar-refractivity contribution in [2.75, 3.05) is 25.1 Å². The number of hydrogen-bond donors (Lipinski definition) is 19. The van der Waals surface area contributed by atoms with Gasteiger partial charge in [0, 0.05) is 43.6 Å². The molecule has 28 atom stereocenters. The molecule has 5 aliphatic heterocycles. The molecule has 19 N–H and O–H groups in total. The molecule has 30 heteroatoms. The molecule has 1 aromatic heterocycles. The first-order chi connectivity index (χ1) is 43.9. The van der Waals surface area contributed by atoms with Crippen LogP contribution >= 0.6 is 0 Å². The highest BCUT2D eigenvalue weighted by Crippen LogP contribution is 2.39. The Morgan fingerprint density at radius 2 is 1.27 bits per heavy atom. The Bertz CT molecular complexity index is 2670. The van der Waals surface area contributed by atoms with Crippen LogP contribution in [0, 0.1) is 24.7 Å². The summed E-state index contributed by atoms with van der Waals surface area (Å²) in [6.07, 6.45) is -14.5. The number of nitrogens with one attached hydrogen (secondary N) is 2. The van der Waals surface area contributed by atoms with Crippen molar-refractivity contribution >= 4 is 17.7 Å². The van der Waals surface area contributed by atoms with Crippen LogP contribution in [0.25, 0.3) is 0 Å². The van der Waals surface area contributed by atoms with Gasteiger partial charge in [0.05, 0.1) is 105 Å². The molecule has 0 aromatic carbocycles. The van der Waals surface area contributed by atoms with Crippen molar-refractivity contribution in [3.63, 3.8) is 0 Å². The number of allylic oxidation sites excluding steroid dienone is 12. The maximum Gasteiger partial charge on any atom is 0.308 e. The van der Waals surface area contributed by atoms with Crippen LogP contribution in [0.1, 0.15) is 84.8 Å². The highest BCUT2D eigenvalue weighted by molar-refractivity contribution is 5.92. The standard InChI is InChI=1S/C63H97N3O27/c1-32-18-16-14-12-10-8-6-7-9-11-13-15-17-19-40(89-60-54(79)50(52(77)36(5)88-60)64-31-63(85)58(82)57(44(74)30-86-63)91-61-56(81)55(80)53(78)46(29-67)90-61)26-45-49(59(83)65-47-22-33(2)93-66-47)43(73)28-62(84,92-45)27-39(70)24-42(72)41(71)21-20-37(68)23-38(69)25-48(75)87-35(4)34(3)51(32)76/h6-19,22,32,34-46,49-58,60-61,64,67-74,76-82,84-85H,20-21,23-31H2,1-5H3,(H,65,66,83)/t32-,34?,35-,36+,37+,38+,39-,40-,41+,42+,43-,44+,45?,46+,49?,50-,51+,52+,53+,54-,55-,56+,57+,58-,60?,61?,62+,63+/m0/s1. The van der Waals surface area contributed by atoms with Gasteiger partial charge in [-0.1, -0.05) is 104 Å². The predicted octanol–water partition coefficient (Wildman–Crippen LogP) is -3.18. The van der Waals surface area contributed by atoms with E-state index in [9.17, 15) is 96.4 Å². The molecule has 30 nitrogen and oxygen atoms in total. The van der Waals surface area contributed by atoms with Crippen molar-refractivity contribution in [1.82, 2.24) is 10.5 Å². The number of anilines is 1. The molecule has 5 aliphatic rings. The number of aromatic nitrogens is 1. The molecule has 2 bridgehead atoms. The minimum absolute atomic E-state index is 0.0434. The average molecular weight is 1330 g/mol. The summed E-state index contributed by atoms with van der Waals surface area (Å²) in [5.41, 5.74) is 0. The molecule has 4 saturated heterocycles. The third-order valence-corrected chi connectivity index (χ3v) is 17.3. The SMILES string of the molecule is Cc1cc(NC(=O)C2C3C[C@@H](OC4O[C@H](C)[C@@H](O)[C@H](NC[C@@]5(O)OC[C@@H](O)[C@@H](OC6O[C@H](CO)[C@@H](O)[C@H](O)[C@H]6O)[C@@H]5O)[C@@H]4O)C=CC=CC=CC=CC=CC=CC=C[C@H](C)[C@@H](O)C(C)[C@H](C)OC(=O)C[C@H](O)C[C@H](O)CC[C@@H](O)[C@H](O)C[C@H](O)C[C@](O)(C[C@@H]2O)O3)no1. The Morgan fingerprint density at radius 1 is 0.645 bits per heavy atom. The minimum atomic E-state index is -2.69. The van der Waals surface area contributed by atoms with E-state index in [0.29, 0.717) is 5.76 Å². The summed E-state index contributed by atoms with van der Waals surface area (Å²) in [7, 11) is 0. The Labute approximate surface area is 538 Å². The molecule has 0 saturated carbocycles. The Balaban J connectivity index is 1.26. The number of aliphatic hydroxyl groups is 17. The number of carbonyl (C=O) groups is 2. The molecule has 4 fully saturated rings.